The molecular weight excluding hydrogens is 400 g/mol. The molecule has 0 radical (unpaired) electrons. The number of hydrogen-bond donors (Lipinski definition) is 0. The van der Waals surface area contributed by atoms with Crippen molar-refractivity contribution in [2.75, 3.05) is 13.2 Å². The van der Waals surface area contributed by atoms with Crippen LogP contribution < -0.4 is 0 Å². The Bertz CT molecular complexity index is 1090. The van der Waals surface area contributed by atoms with Gasteiger partial charge in [0.05, 0.1) is 6.20 Å². The van der Waals surface area contributed by atoms with E-state index in [1.54, 1.807) is 0 Å². The van der Waals surface area contributed by atoms with Crippen molar-refractivity contribution in [1.82, 2.24) is 19.2 Å². The van der Waals surface area contributed by atoms with Crippen molar-refractivity contribution in [2.45, 2.75) is 65.3 Å². The van der Waals surface area contributed by atoms with Crippen molar-refractivity contribution in [3.63, 3.8) is 0 Å². The van der Waals surface area contributed by atoms with Crippen molar-refractivity contribution in [2.24, 2.45) is 11.8 Å². The average molecular weight is 435 g/mol. The fourth-order valence-electron chi connectivity index (χ4n) is 5.31. The summed E-state index contributed by atoms with van der Waals surface area (Å²) in [6.07, 6.45) is 10.7. The quantitative estimate of drug-likeness (QED) is 0.562. The van der Waals surface area contributed by atoms with Crippen LogP contribution in [0.1, 0.15) is 52.7 Å². The van der Waals surface area contributed by atoms with Gasteiger partial charge in [0, 0.05) is 60.5 Å². The molecule has 3 aromatic rings. The van der Waals surface area contributed by atoms with Crippen LogP contribution in [0.15, 0.2) is 42.9 Å². The molecule has 6 heteroatoms. The summed E-state index contributed by atoms with van der Waals surface area (Å²) in [5.74, 6) is 0.842. The number of nitrogens with zero attached hydrogens (tertiary/aromatic N) is 4. The fourth-order valence-corrected chi connectivity index (χ4v) is 5.31. The topological polar surface area (TPSA) is 52.3 Å². The van der Waals surface area contributed by atoms with Crippen LogP contribution in [0.25, 0.3) is 22.0 Å². The second kappa shape index (κ2) is 8.74. The lowest BCUT2D eigenvalue weighted by Crippen LogP contribution is -2.37. The summed E-state index contributed by atoms with van der Waals surface area (Å²) in [4.78, 5) is 14.6. The van der Waals surface area contributed by atoms with Gasteiger partial charge in [-0.25, -0.2) is 4.68 Å². The van der Waals surface area contributed by atoms with Crippen molar-refractivity contribution in [1.29, 1.82) is 0 Å². The molecule has 4 heterocycles. The molecule has 6 nitrogen and oxygen atoms in total. The zero-order valence-corrected chi connectivity index (χ0v) is 19.4. The first kappa shape index (κ1) is 21.3. The molecule has 0 aliphatic carbocycles. The van der Waals surface area contributed by atoms with Gasteiger partial charge in [0.2, 0.25) is 5.91 Å². The normalized spacial score (nSPS) is 24.0. The number of carbonyl (C=O) groups excluding carboxylic acids is 1. The Morgan fingerprint density at radius 1 is 1.22 bits per heavy atom. The van der Waals surface area contributed by atoms with Crippen LogP contribution in [-0.4, -0.2) is 44.3 Å². The van der Waals surface area contributed by atoms with E-state index >= 15 is 0 Å². The molecule has 3 unspecified atom stereocenters. The lowest BCUT2D eigenvalue weighted by molar-refractivity contribution is -0.135. The molecule has 2 fully saturated rings. The number of hydrogen-bond acceptors (Lipinski definition) is 3. The fraction of sp³-hybridized carbons (Fsp3) is 0.538. The standard InChI is InChI=1S/C26H34N4O2/c1-18(2)26(31)29-16-20(12-19(29)3)15-28-10-9-22-13-21(7-8-24(22)28)23-14-27-30(17-23)25-6-4-5-11-32-25/h7-10,13-14,17-20,25H,4-6,11-12,15-16H2,1-3H3. The van der Waals surface area contributed by atoms with Gasteiger partial charge in [0.15, 0.2) is 0 Å². The molecule has 0 bridgehead atoms. The molecule has 0 spiro atoms. The highest BCUT2D eigenvalue weighted by atomic mass is 16.5. The summed E-state index contributed by atoms with van der Waals surface area (Å²) >= 11 is 0. The van der Waals surface area contributed by atoms with Gasteiger partial charge >= 0.3 is 0 Å². The Balaban J connectivity index is 1.30. The van der Waals surface area contributed by atoms with Gasteiger partial charge in [0.25, 0.3) is 0 Å². The maximum atomic E-state index is 12.5. The monoisotopic (exact) mass is 434 g/mol. The molecule has 1 amide bonds. The minimum atomic E-state index is 0.0658. The van der Waals surface area contributed by atoms with Gasteiger partial charge < -0.3 is 14.2 Å². The Hall–Kier alpha value is -2.60. The van der Waals surface area contributed by atoms with Crippen LogP contribution in [0, 0.1) is 11.8 Å². The molecular formula is C26H34N4O2. The van der Waals surface area contributed by atoms with Gasteiger partial charge in [-0.15, -0.1) is 0 Å². The maximum Gasteiger partial charge on any atom is 0.225 e. The molecule has 32 heavy (non-hydrogen) atoms. The van der Waals surface area contributed by atoms with Gasteiger partial charge in [-0.3, -0.25) is 4.79 Å². The Labute approximate surface area is 190 Å². The average Bonchev–Trinajstić information content (AvgIpc) is 3.53. The number of benzene rings is 1. The minimum Gasteiger partial charge on any atom is -0.357 e. The third-order valence-corrected chi connectivity index (χ3v) is 7.05. The number of fused-ring (bicyclic) bond motifs is 1. The van der Waals surface area contributed by atoms with Crippen molar-refractivity contribution >= 4 is 16.8 Å². The second-order valence-corrected chi connectivity index (χ2v) is 9.87. The first-order chi connectivity index (χ1) is 15.5. The highest BCUT2D eigenvalue weighted by Gasteiger charge is 2.33. The second-order valence-electron chi connectivity index (χ2n) is 9.87. The number of ether oxygens (including phenoxy) is 1. The number of rotatable bonds is 5. The van der Waals surface area contributed by atoms with Crippen LogP contribution in [0.5, 0.6) is 0 Å². The zero-order valence-electron chi connectivity index (χ0n) is 19.4. The van der Waals surface area contributed by atoms with Crippen LogP contribution in [-0.2, 0) is 16.1 Å². The van der Waals surface area contributed by atoms with E-state index in [-0.39, 0.29) is 18.1 Å². The van der Waals surface area contributed by atoms with E-state index in [9.17, 15) is 4.79 Å². The van der Waals surface area contributed by atoms with Gasteiger partial charge in [0.1, 0.15) is 6.23 Å². The predicted octanol–water partition coefficient (Wildman–Crippen LogP) is 5.10. The van der Waals surface area contributed by atoms with Crippen LogP contribution in [0.3, 0.4) is 0 Å². The van der Waals surface area contributed by atoms with Crippen LogP contribution >= 0.6 is 0 Å². The lowest BCUT2D eigenvalue weighted by Gasteiger charge is -2.23. The molecule has 0 saturated carbocycles. The molecule has 170 valence electrons. The molecule has 1 aromatic carbocycles. The summed E-state index contributed by atoms with van der Waals surface area (Å²) in [6, 6.07) is 9.18. The third-order valence-electron chi connectivity index (χ3n) is 7.05. The van der Waals surface area contributed by atoms with E-state index in [2.05, 4.69) is 58.1 Å². The van der Waals surface area contributed by atoms with E-state index in [0.29, 0.717) is 12.0 Å². The number of amides is 1. The van der Waals surface area contributed by atoms with Gasteiger partial charge in [-0.1, -0.05) is 19.9 Å². The minimum absolute atomic E-state index is 0.0658. The molecule has 2 saturated heterocycles. The van der Waals surface area contributed by atoms with E-state index in [0.717, 1.165) is 44.5 Å². The van der Waals surface area contributed by atoms with E-state index in [1.165, 1.54) is 22.9 Å². The number of likely N-dealkylation sites (tertiary alicyclic amines) is 1. The van der Waals surface area contributed by atoms with Crippen LogP contribution in [0.4, 0.5) is 0 Å². The van der Waals surface area contributed by atoms with E-state index in [1.807, 2.05) is 24.7 Å². The lowest BCUT2D eigenvalue weighted by atomic mass is 10.1. The van der Waals surface area contributed by atoms with Crippen LogP contribution in [0.2, 0.25) is 0 Å². The first-order valence-corrected chi connectivity index (χ1v) is 12.0. The SMILES string of the molecule is CC(C)C(=O)N1CC(Cn2ccc3cc(-c4cnn(C5CCCCO5)c4)ccc32)CC1C. The largest absolute Gasteiger partial charge is 0.357 e. The highest BCUT2D eigenvalue weighted by molar-refractivity contribution is 5.85. The maximum absolute atomic E-state index is 12.5. The third kappa shape index (κ3) is 4.08. The molecule has 2 aromatic heterocycles. The predicted molar refractivity (Wildman–Crippen MR) is 126 cm³/mol. The zero-order chi connectivity index (χ0) is 22.2. The molecule has 2 aliphatic rings. The Morgan fingerprint density at radius 2 is 2.09 bits per heavy atom. The summed E-state index contributed by atoms with van der Waals surface area (Å²) in [7, 11) is 0. The van der Waals surface area contributed by atoms with Crippen molar-refractivity contribution < 1.29 is 9.53 Å². The van der Waals surface area contributed by atoms with E-state index < -0.39 is 0 Å². The molecule has 3 atom stereocenters. The summed E-state index contributed by atoms with van der Waals surface area (Å²) in [6.45, 7) is 8.79. The van der Waals surface area contributed by atoms with E-state index in [4.69, 9.17) is 4.74 Å². The number of aromatic nitrogens is 3. The summed E-state index contributed by atoms with van der Waals surface area (Å²) in [5.41, 5.74) is 3.56. The first-order valence-electron chi connectivity index (χ1n) is 12.0. The van der Waals surface area contributed by atoms with Crippen molar-refractivity contribution in [3.8, 4) is 11.1 Å². The Kier molecular flexibility index (Phi) is 5.80. The smallest absolute Gasteiger partial charge is 0.225 e. The summed E-state index contributed by atoms with van der Waals surface area (Å²) < 4.78 is 10.2. The van der Waals surface area contributed by atoms with Gasteiger partial charge in [-0.2, -0.15) is 5.10 Å². The Morgan fingerprint density at radius 3 is 2.88 bits per heavy atom. The molecule has 0 N–H and O–H groups in total. The molecule has 5 rings (SSSR count). The summed E-state index contributed by atoms with van der Waals surface area (Å²) in [5, 5.41) is 5.81. The van der Waals surface area contributed by atoms with Crippen molar-refractivity contribution in [3.05, 3.63) is 42.9 Å². The molecule has 2 aliphatic heterocycles. The highest BCUT2D eigenvalue weighted by Crippen LogP contribution is 2.30. The number of carbonyl (C=O) groups is 1. The van der Waals surface area contributed by atoms with Gasteiger partial charge in [-0.05, 0) is 62.3 Å².